The van der Waals surface area contributed by atoms with Gasteiger partial charge in [0.2, 0.25) is 5.91 Å². The molecule has 2 aliphatic heterocycles. The number of carbonyl (C=O) groups excluding carboxylic acids is 1. The minimum atomic E-state index is -0.394. The predicted octanol–water partition coefficient (Wildman–Crippen LogP) is 2.82. The van der Waals surface area contributed by atoms with E-state index in [2.05, 4.69) is 13.8 Å². The summed E-state index contributed by atoms with van der Waals surface area (Å²) >= 11 is 1.70. The largest absolute Gasteiger partial charge is 0.280 e. The molecule has 0 atom stereocenters. The Bertz CT molecular complexity index is 617. The molecule has 1 amide bonds. The van der Waals surface area contributed by atoms with Crippen LogP contribution < -0.4 is 5.01 Å². The number of nitro groups is 1. The molecule has 1 aromatic rings. The van der Waals surface area contributed by atoms with Gasteiger partial charge < -0.3 is 0 Å². The van der Waals surface area contributed by atoms with Crippen molar-refractivity contribution in [2.45, 2.75) is 36.3 Å². The lowest BCUT2D eigenvalue weighted by Gasteiger charge is -2.43. The van der Waals surface area contributed by atoms with E-state index in [-0.39, 0.29) is 16.3 Å². The van der Waals surface area contributed by atoms with Gasteiger partial charge in [-0.05, 0) is 26.3 Å². The summed E-state index contributed by atoms with van der Waals surface area (Å²) in [5.74, 6) is 0.0927. The van der Waals surface area contributed by atoms with Crippen molar-refractivity contribution >= 4 is 29.0 Å². The number of benzene rings is 1. The number of fused-ring (bicyclic) bond motifs is 1. The fourth-order valence-corrected chi connectivity index (χ4v) is 3.97. The molecule has 6 nitrogen and oxygen atoms in total. The number of non-ortho nitro benzene ring substituents is 1. The Hall–Kier alpha value is -1.76. The lowest BCUT2D eigenvalue weighted by atomic mass is 10.1. The van der Waals surface area contributed by atoms with Crippen LogP contribution in [0.15, 0.2) is 23.1 Å². The second-order valence-corrected chi connectivity index (χ2v) is 7.70. The van der Waals surface area contributed by atoms with E-state index in [1.807, 2.05) is 5.01 Å². The molecule has 21 heavy (non-hydrogen) atoms. The number of thioether (sulfide) groups is 1. The van der Waals surface area contributed by atoms with E-state index in [1.54, 1.807) is 28.9 Å². The molecule has 0 unspecified atom stereocenters. The van der Waals surface area contributed by atoms with Crippen molar-refractivity contribution in [2.75, 3.05) is 18.1 Å². The van der Waals surface area contributed by atoms with Gasteiger partial charge in [0.05, 0.1) is 17.2 Å². The SMILES string of the molecule is CC1(C)CN(N2CCCC2=O)c2cc([N+](=O)[O-])ccc2S1. The smallest absolute Gasteiger partial charge is 0.271 e. The van der Waals surface area contributed by atoms with Crippen molar-refractivity contribution in [3.8, 4) is 0 Å². The molecule has 2 aliphatic rings. The zero-order chi connectivity index (χ0) is 15.2. The third-order valence-electron chi connectivity index (χ3n) is 3.69. The summed E-state index contributed by atoms with van der Waals surface area (Å²) in [4.78, 5) is 23.7. The molecule has 2 heterocycles. The van der Waals surface area contributed by atoms with Crippen LogP contribution >= 0.6 is 11.8 Å². The van der Waals surface area contributed by atoms with Crippen LogP contribution in [-0.2, 0) is 4.79 Å². The highest BCUT2D eigenvalue weighted by molar-refractivity contribution is 8.00. The Balaban J connectivity index is 2.06. The highest BCUT2D eigenvalue weighted by Crippen LogP contribution is 2.46. The van der Waals surface area contributed by atoms with Gasteiger partial charge in [-0.25, -0.2) is 0 Å². The molecule has 0 N–H and O–H groups in total. The first kappa shape index (κ1) is 14.2. The zero-order valence-electron chi connectivity index (χ0n) is 12.0. The Morgan fingerprint density at radius 3 is 2.71 bits per heavy atom. The van der Waals surface area contributed by atoms with Crippen LogP contribution in [0, 0.1) is 10.1 Å². The molecule has 112 valence electrons. The summed E-state index contributed by atoms with van der Waals surface area (Å²) in [6.45, 7) is 5.59. The Labute approximate surface area is 127 Å². The van der Waals surface area contributed by atoms with Gasteiger partial charge in [-0.15, -0.1) is 11.8 Å². The Morgan fingerprint density at radius 1 is 1.33 bits per heavy atom. The van der Waals surface area contributed by atoms with Crippen LogP contribution in [0.1, 0.15) is 26.7 Å². The first-order valence-electron chi connectivity index (χ1n) is 6.93. The highest BCUT2D eigenvalue weighted by Gasteiger charge is 2.37. The van der Waals surface area contributed by atoms with E-state index < -0.39 is 4.92 Å². The molecule has 0 bridgehead atoms. The monoisotopic (exact) mass is 307 g/mol. The molecule has 0 aliphatic carbocycles. The van der Waals surface area contributed by atoms with Crippen molar-refractivity contribution in [1.29, 1.82) is 0 Å². The molecule has 0 aromatic heterocycles. The van der Waals surface area contributed by atoms with Gasteiger partial charge in [-0.3, -0.25) is 24.9 Å². The minimum Gasteiger partial charge on any atom is -0.280 e. The maximum Gasteiger partial charge on any atom is 0.271 e. The summed E-state index contributed by atoms with van der Waals surface area (Å²) in [5, 5.41) is 14.7. The molecule has 0 radical (unpaired) electrons. The molecule has 1 aromatic carbocycles. The van der Waals surface area contributed by atoms with Crippen LogP contribution in [0.4, 0.5) is 11.4 Å². The van der Waals surface area contributed by atoms with E-state index in [9.17, 15) is 14.9 Å². The lowest BCUT2D eigenvalue weighted by Crippen LogP contribution is -2.51. The van der Waals surface area contributed by atoms with Crippen LogP contribution in [0.5, 0.6) is 0 Å². The molecular formula is C14H17N3O3S. The standard InChI is InChI=1S/C14H17N3O3S/c1-14(2)9-16(15-7-3-4-13(15)18)11-8-10(17(19)20)5-6-12(11)21-14/h5-6,8H,3-4,7,9H2,1-2H3. The van der Waals surface area contributed by atoms with E-state index >= 15 is 0 Å². The Kier molecular flexibility index (Phi) is 3.32. The summed E-state index contributed by atoms with van der Waals surface area (Å²) in [5.41, 5.74) is 0.828. The normalized spacial score (nSPS) is 20.6. The number of hydrazine groups is 1. The van der Waals surface area contributed by atoms with Gasteiger partial charge in [0.25, 0.3) is 5.69 Å². The first-order chi connectivity index (χ1) is 9.87. The van der Waals surface area contributed by atoms with Crippen molar-refractivity contribution in [3.05, 3.63) is 28.3 Å². The van der Waals surface area contributed by atoms with Crippen molar-refractivity contribution in [3.63, 3.8) is 0 Å². The van der Waals surface area contributed by atoms with Gasteiger partial charge in [0, 0.05) is 34.7 Å². The number of hydrogen-bond acceptors (Lipinski definition) is 5. The molecule has 1 saturated heterocycles. The van der Waals surface area contributed by atoms with E-state index in [1.165, 1.54) is 6.07 Å². The van der Waals surface area contributed by atoms with Gasteiger partial charge >= 0.3 is 0 Å². The maximum absolute atomic E-state index is 12.1. The van der Waals surface area contributed by atoms with Gasteiger partial charge in [0.1, 0.15) is 0 Å². The van der Waals surface area contributed by atoms with Crippen molar-refractivity contribution in [1.82, 2.24) is 5.01 Å². The summed E-state index contributed by atoms with van der Waals surface area (Å²) in [7, 11) is 0. The Morgan fingerprint density at radius 2 is 2.10 bits per heavy atom. The average Bonchev–Trinajstić information content (AvgIpc) is 2.82. The summed E-state index contributed by atoms with van der Waals surface area (Å²) < 4.78 is -0.0496. The molecule has 0 saturated carbocycles. The number of anilines is 1. The van der Waals surface area contributed by atoms with E-state index in [0.29, 0.717) is 19.5 Å². The number of rotatable bonds is 2. The number of carbonyl (C=O) groups is 1. The average molecular weight is 307 g/mol. The molecular weight excluding hydrogens is 290 g/mol. The van der Waals surface area contributed by atoms with Gasteiger partial charge in [0.15, 0.2) is 0 Å². The third-order valence-corrected chi connectivity index (χ3v) is 4.93. The number of nitro benzene ring substituents is 1. The number of nitrogens with zero attached hydrogens (tertiary/aromatic N) is 3. The fourth-order valence-electron chi connectivity index (χ4n) is 2.79. The van der Waals surface area contributed by atoms with Crippen LogP contribution in [-0.4, -0.2) is 33.7 Å². The quantitative estimate of drug-likeness (QED) is 0.621. The summed E-state index contributed by atoms with van der Waals surface area (Å²) in [6.07, 6.45) is 1.39. The van der Waals surface area contributed by atoms with E-state index in [4.69, 9.17) is 0 Å². The molecule has 7 heteroatoms. The van der Waals surface area contributed by atoms with Crippen LogP contribution in [0.25, 0.3) is 0 Å². The predicted molar refractivity (Wildman–Crippen MR) is 81.3 cm³/mol. The molecule has 3 rings (SSSR count). The van der Waals surface area contributed by atoms with Crippen LogP contribution in [0.3, 0.4) is 0 Å². The van der Waals surface area contributed by atoms with E-state index in [0.717, 1.165) is 17.0 Å². The first-order valence-corrected chi connectivity index (χ1v) is 7.74. The topological polar surface area (TPSA) is 66.7 Å². The zero-order valence-corrected chi connectivity index (χ0v) is 12.9. The number of amides is 1. The fraction of sp³-hybridized carbons (Fsp3) is 0.500. The van der Waals surface area contributed by atoms with Gasteiger partial charge in [-0.2, -0.15) is 0 Å². The minimum absolute atomic E-state index is 0.0496. The van der Waals surface area contributed by atoms with Crippen molar-refractivity contribution < 1.29 is 9.72 Å². The highest BCUT2D eigenvalue weighted by atomic mass is 32.2. The molecule has 0 spiro atoms. The third kappa shape index (κ3) is 2.57. The maximum atomic E-state index is 12.1. The second-order valence-electron chi connectivity index (χ2n) is 5.95. The molecule has 1 fully saturated rings. The summed E-state index contributed by atoms with van der Waals surface area (Å²) in [6, 6.07) is 4.88. The number of hydrogen-bond donors (Lipinski definition) is 0. The second kappa shape index (κ2) is 4.91. The lowest BCUT2D eigenvalue weighted by molar-refractivity contribution is -0.384. The van der Waals surface area contributed by atoms with Crippen LogP contribution in [0.2, 0.25) is 0 Å². The van der Waals surface area contributed by atoms with Gasteiger partial charge in [-0.1, -0.05) is 0 Å². The van der Waals surface area contributed by atoms with Crippen molar-refractivity contribution in [2.24, 2.45) is 0 Å².